The molecule has 1 aromatic heterocycles. The van der Waals surface area contributed by atoms with E-state index in [-0.39, 0.29) is 0 Å². The SMILES string of the molecule is CCNC(=NCc1ccnc(OC)c1)N1CCN(c2cccc(OC)c2)CC1. The zero-order valence-corrected chi connectivity index (χ0v) is 16.9. The number of rotatable bonds is 6. The van der Waals surface area contributed by atoms with E-state index < -0.39 is 0 Å². The van der Waals surface area contributed by atoms with Crippen molar-refractivity contribution in [3.05, 3.63) is 48.2 Å². The lowest BCUT2D eigenvalue weighted by Gasteiger charge is -2.37. The van der Waals surface area contributed by atoms with Crippen LogP contribution in [0.25, 0.3) is 0 Å². The molecule has 150 valence electrons. The molecule has 1 fully saturated rings. The van der Waals surface area contributed by atoms with Gasteiger partial charge in [0, 0.05) is 56.7 Å². The van der Waals surface area contributed by atoms with Gasteiger partial charge in [0.2, 0.25) is 5.88 Å². The van der Waals surface area contributed by atoms with Gasteiger partial charge in [-0.05, 0) is 30.7 Å². The summed E-state index contributed by atoms with van der Waals surface area (Å²) in [6, 6.07) is 12.1. The van der Waals surface area contributed by atoms with Gasteiger partial charge in [-0.3, -0.25) is 0 Å². The summed E-state index contributed by atoms with van der Waals surface area (Å²) in [5.74, 6) is 2.45. The van der Waals surface area contributed by atoms with Crippen LogP contribution in [-0.2, 0) is 6.54 Å². The minimum Gasteiger partial charge on any atom is -0.497 e. The predicted molar refractivity (Wildman–Crippen MR) is 112 cm³/mol. The summed E-state index contributed by atoms with van der Waals surface area (Å²) < 4.78 is 10.5. The number of nitrogens with one attached hydrogen (secondary N) is 1. The molecule has 2 aromatic rings. The molecule has 0 aliphatic carbocycles. The third-order valence-electron chi connectivity index (χ3n) is 4.75. The maximum absolute atomic E-state index is 5.35. The maximum Gasteiger partial charge on any atom is 0.213 e. The molecule has 28 heavy (non-hydrogen) atoms. The summed E-state index contributed by atoms with van der Waals surface area (Å²) in [7, 11) is 3.33. The molecule has 0 saturated carbocycles. The second-order valence-electron chi connectivity index (χ2n) is 6.55. The Morgan fingerprint density at radius 3 is 2.64 bits per heavy atom. The van der Waals surface area contributed by atoms with E-state index in [9.17, 15) is 0 Å². The van der Waals surface area contributed by atoms with E-state index in [1.54, 1.807) is 20.4 Å². The van der Waals surface area contributed by atoms with E-state index in [4.69, 9.17) is 14.5 Å². The highest BCUT2D eigenvalue weighted by molar-refractivity contribution is 5.80. The van der Waals surface area contributed by atoms with E-state index >= 15 is 0 Å². The van der Waals surface area contributed by atoms with Gasteiger partial charge in [-0.25, -0.2) is 9.98 Å². The zero-order valence-electron chi connectivity index (χ0n) is 16.9. The molecule has 1 aliphatic rings. The second-order valence-corrected chi connectivity index (χ2v) is 6.55. The summed E-state index contributed by atoms with van der Waals surface area (Å²) in [5, 5.41) is 3.41. The zero-order chi connectivity index (χ0) is 19.8. The van der Waals surface area contributed by atoms with Crippen molar-refractivity contribution in [2.75, 3.05) is 51.8 Å². The normalized spacial score (nSPS) is 14.8. The molecule has 0 bridgehead atoms. The number of pyridine rings is 1. The Bertz CT molecular complexity index is 788. The number of hydrogen-bond donors (Lipinski definition) is 1. The number of piperazine rings is 1. The van der Waals surface area contributed by atoms with Crippen molar-refractivity contribution in [2.45, 2.75) is 13.5 Å². The molecule has 3 rings (SSSR count). The van der Waals surface area contributed by atoms with Gasteiger partial charge in [0.15, 0.2) is 5.96 Å². The maximum atomic E-state index is 5.35. The summed E-state index contributed by atoms with van der Waals surface area (Å²) in [6.45, 7) is 7.26. The molecule has 2 heterocycles. The third kappa shape index (κ3) is 5.06. The van der Waals surface area contributed by atoms with Crippen molar-refractivity contribution in [3.8, 4) is 11.6 Å². The fourth-order valence-corrected chi connectivity index (χ4v) is 3.24. The Labute approximate surface area is 167 Å². The first-order valence-electron chi connectivity index (χ1n) is 9.64. The van der Waals surface area contributed by atoms with Crippen LogP contribution >= 0.6 is 0 Å². The molecule has 1 aliphatic heterocycles. The molecule has 7 heteroatoms. The highest BCUT2D eigenvalue weighted by atomic mass is 16.5. The number of benzene rings is 1. The quantitative estimate of drug-likeness (QED) is 0.610. The lowest BCUT2D eigenvalue weighted by Crippen LogP contribution is -2.52. The molecule has 1 saturated heterocycles. The fourth-order valence-electron chi connectivity index (χ4n) is 3.24. The van der Waals surface area contributed by atoms with Gasteiger partial charge in [-0.1, -0.05) is 6.07 Å². The Morgan fingerprint density at radius 2 is 1.93 bits per heavy atom. The number of aromatic nitrogens is 1. The van der Waals surface area contributed by atoms with Crippen LogP contribution in [0.2, 0.25) is 0 Å². The Kier molecular flexibility index (Phi) is 6.94. The van der Waals surface area contributed by atoms with Crippen molar-refractivity contribution in [2.24, 2.45) is 4.99 Å². The number of anilines is 1. The van der Waals surface area contributed by atoms with Gasteiger partial charge < -0.3 is 24.6 Å². The smallest absolute Gasteiger partial charge is 0.213 e. The topological polar surface area (TPSA) is 62.2 Å². The van der Waals surface area contributed by atoms with Gasteiger partial charge in [-0.15, -0.1) is 0 Å². The Balaban J connectivity index is 1.63. The third-order valence-corrected chi connectivity index (χ3v) is 4.75. The Morgan fingerprint density at radius 1 is 1.11 bits per heavy atom. The van der Waals surface area contributed by atoms with Gasteiger partial charge in [-0.2, -0.15) is 0 Å². The number of aliphatic imine (C=N–C) groups is 1. The van der Waals surface area contributed by atoms with Gasteiger partial charge >= 0.3 is 0 Å². The molecule has 0 radical (unpaired) electrons. The summed E-state index contributed by atoms with van der Waals surface area (Å²) >= 11 is 0. The van der Waals surface area contributed by atoms with Crippen LogP contribution in [0.1, 0.15) is 12.5 Å². The highest BCUT2D eigenvalue weighted by Crippen LogP contribution is 2.22. The molecule has 0 unspecified atom stereocenters. The average Bonchev–Trinajstić information content (AvgIpc) is 2.77. The first kappa shape index (κ1) is 19.8. The van der Waals surface area contributed by atoms with E-state index in [1.807, 2.05) is 24.3 Å². The van der Waals surface area contributed by atoms with Crippen LogP contribution in [0.15, 0.2) is 47.6 Å². The van der Waals surface area contributed by atoms with Crippen LogP contribution in [0.3, 0.4) is 0 Å². The van der Waals surface area contributed by atoms with Crippen molar-refractivity contribution in [3.63, 3.8) is 0 Å². The first-order valence-corrected chi connectivity index (χ1v) is 9.64. The lowest BCUT2D eigenvalue weighted by molar-refractivity contribution is 0.372. The molecule has 1 N–H and O–H groups in total. The second kappa shape index (κ2) is 9.82. The van der Waals surface area contributed by atoms with E-state index in [1.165, 1.54) is 5.69 Å². The Hall–Kier alpha value is -2.96. The number of methoxy groups -OCH3 is 2. The van der Waals surface area contributed by atoms with Crippen molar-refractivity contribution in [1.29, 1.82) is 0 Å². The fraction of sp³-hybridized carbons (Fsp3) is 0.429. The highest BCUT2D eigenvalue weighted by Gasteiger charge is 2.20. The van der Waals surface area contributed by atoms with Crippen LogP contribution in [0, 0.1) is 0 Å². The molecular formula is C21H29N5O2. The number of guanidine groups is 1. The van der Waals surface area contributed by atoms with Gasteiger partial charge in [0.05, 0.1) is 20.8 Å². The molecule has 7 nitrogen and oxygen atoms in total. The molecule has 0 amide bonds. The number of ether oxygens (including phenoxy) is 2. The minimum atomic E-state index is 0.595. The first-order chi connectivity index (χ1) is 13.7. The van der Waals surface area contributed by atoms with Crippen LogP contribution in [-0.4, -0.2) is 62.8 Å². The largest absolute Gasteiger partial charge is 0.497 e. The summed E-state index contributed by atoms with van der Waals surface area (Å²) in [6.07, 6.45) is 1.75. The standard InChI is InChI=1S/C21H29N5O2/c1-4-22-21(24-16-17-8-9-23-20(14-17)28-3)26-12-10-25(11-13-26)18-6-5-7-19(15-18)27-2/h5-9,14-15H,4,10-13,16H2,1-3H3,(H,22,24). The summed E-state index contributed by atoms with van der Waals surface area (Å²) in [5.41, 5.74) is 2.28. The molecule has 1 aromatic carbocycles. The average molecular weight is 383 g/mol. The monoisotopic (exact) mass is 383 g/mol. The van der Waals surface area contributed by atoms with Crippen molar-refractivity contribution < 1.29 is 9.47 Å². The molecule has 0 spiro atoms. The van der Waals surface area contributed by atoms with Crippen LogP contribution in [0.5, 0.6) is 11.6 Å². The number of nitrogens with zero attached hydrogens (tertiary/aromatic N) is 4. The number of hydrogen-bond acceptors (Lipinski definition) is 5. The van der Waals surface area contributed by atoms with E-state index in [0.717, 1.165) is 50.0 Å². The van der Waals surface area contributed by atoms with Crippen molar-refractivity contribution >= 4 is 11.6 Å². The summed E-state index contributed by atoms with van der Waals surface area (Å²) in [4.78, 5) is 13.7. The minimum absolute atomic E-state index is 0.595. The van der Waals surface area contributed by atoms with Gasteiger partial charge in [0.1, 0.15) is 5.75 Å². The molecule has 0 atom stereocenters. The van der Waals surface area contributed by atoms with E-state index in [2.05, 4.69) is 39.2 Å². The van der Waals surface area contributed by atoms with Crippen LogP contribution in [0.4, 0.5) is 5.69 Å². The predicted octanol–water partition coefficient (Wildman–Crippen LogP) is 2.39. The molecular weight excluding hydrogens is 354 g/mol. The van der Waals surface area contributed by atoms with Gasteiger partial charge in [0.25, 0.3) is 0 Å². The van der Waals surface area contributed by atoms with Crippen LogP contribution < -0.4 is 19.7 Å². The lowest BCUT2D eigenvalue weighted by atomic mass is 10.2. The van der Waals surface area contributed by atoms with E-state index in [0.29, 0.717) is 12.4 Å². The van der Waals surface area contributed by atoms with Crippen molar-refractivity contribution in [1.82, 2.24) is 15.2 Å².